The fourth-order valence-corrected chi connectivity index (χ4v) is 1.72. The van der Waals surface area contributed by atoms with Gasteiger partial charge in [0.1, 0.15) is 12.4 Å². The Morgan fingerprint density at radius 3 is 2.38 bits per heavy atom. The van der Waals surface area contributed by atoms with Gasteiger partial charge in [0.2, 0.25) is 0 Å². The summed E-state index contributed by atoms with van der Waals surface area (Å²) < 4.78 is 5.68. The molecule has 0 atom stereocenters. The maximum absolute atomic E-state index is 11.3. The van der Waals surface area contributed by atoms with E-state index in [4.69, 9.17) is 4.74 Å². The van der Waals surface area contributed by atoms with Crippen LogP contribution in [0.1, 0.15) is 42.3 Å². The molecule has 0 aliphatic carbocycles. The van der Waals surface area contributed by atoms with Gasteiger partial charge in [0, 0.05) is 5.56 Å². The SMILES string of the molecule is C=Cc1ccc(COc2cccc(C(C)=O)c2)cc1.CC. The van der Waals surface area contributed by atoms with Gasteiger partial charge in [-0.3, -0.25) is 4.79 Å². The highest BCUT2D eigenvalue weighted by atomic mass is 16.5. The van der Waals surface area contributed by atoms with E-state index in [1.54, 1.807) is 25.1 Å². The van der Waals surface area contributed by atoms with E-state index in [1.165, 1.54) is 0 Å². The molecule has 0 saturated heterocycles. The van der Waals surface area contributed by atoms with Gasteiger partial charge in [-0.15, -0.1) is 0 Å². The average Bonchev–Trinajstić information content (AvgIpc) is 2.55. The van der Waals surface area contributed by atoms with Crippen molar-refractivity contribution in [3.63, 3.8) is 0 Å². The summed E-state index contributed by atoms with van der Waals surface area (Å²) in [4.78, 5) is 11.3. The number of ketones is 1. The first kappa shape index (κ1) is 16.7. The van der Waals surface area contributed by atoms with Crippen molar-refractivity contribution in [2.75, 3.05) is 0 Å². The number of carbonyl (C=O) groups is 1. The molecule has 110 valence electrons. The molecule has 0 aliphatic rings. The first-order valence-corrected chi connectivity index (χ1v) is 7.14. The molecule has 0 bridgehead atoms. The van der Waals surface area contributed by atoms with Crippen LogP contribution in [0.5, 0.6) is 5.75 Å². The maximum atomic E-state index is 11.3. The van der Waals surface area contributed by atoms with Gasteiger partial charge in [-0.2, -0.15) is 0 Å². The summed E-state index contributed by atoms with van der Waals surface area (Å²) in [5.41, 5.74) is 2.83. The van der Waals surface area contributed by atoms with E-state index in [9.17, 15) is 4.79 Å². The third-order valence-corrected chi connectivity index (χ3v) is 2.86. The van der Waals surface area contributed by atoms with Crippen LogP contribution in [-0.4, -0.2) is 5.78 Å². The molecule has 0 radical (unpaired) electrons. The smallest absolute Gasteiger partial charge is 0.159 e. The molecule has 2 aromatic rings. The molecule has 2 nitrogen and oxygen atoms in total. The van der Waals surface area contributed by atoms with Gasteiger partial charge in [0.25, 0.3) is 0 Å². The Kier molecular flexibility index (Phi) is 6.96. The van der Waals surface area contributed by atoms with E-state index in [0.29, 0.717) is 17.9 Å². The fraction of sp³-hybridized carbons (Fsp3) is 0.211. The molecular formula is C19H22O2. The zero-order valence-electron chi connectivity index (χ0n) is 12.9. The Bertz CT molecular complexity index is 583. The van der Waals surface area contributed by atoms with Crippen molar-refractivity contribution in [2.24, 2.45) is 0 Å². The van der Waals surface area contributed by atoms with Crippen molar-refractivity contribution in [1.82, 2.24) is 0 Å². The molecule has 0 spiro atoms. The minimum atomic E-state index is 0.0424. The molecular weight excluding hydrogens is 260 g/mol. The Morgan fingerprint density at radius 1 is 1.14 bits per heavy atom. The highest BCUT2D eigenvalue weighted by Crippen LogP contribution is 2.16. The van der Waals surface area contributed by atoms with E-state index in [2.05, 4.69) is 6.58 Å². The topological polar surface area (TPSA) is 26.3 Å². The Hall–Kier alpha value is -2.35. The molecule has 2 rings (SSSR count). The lowest BCUT2D eigenvalue weighted by molar-refractivity contribution is 0.101. The van der Waals surface area contributed by atoms with Crippen LogP contribution < -0.4 is 4.74 Å². The highest BCUT2D eigenvalue weighted by Gasteiger charge is 2.01. The van der Waals surface area contributed by atoms with E-state index < -0.39 is 0 Å². The van der Waals surface area contributed by atoms with Crippen LogP contribution in [0, 0.1) is 0 Å². The molecule has 0 N–H and O–H groups in total. The predicted molar refractivity (Wildman–Crippen MR) is 88.7 cm³/mol. The molecule has 0 aromatic heterocycles. The molecule has 0 unspecified atom stereocenters. The number of hydrogen-bond donors (Lipinski definition) is 0. The second-order valence-electron chi connectivity index (χ2n) is 4.32. The predicted octanol–water partition coefficient (Wildman–Crippen LogP) is 5.14. The van der Waals surface area contributed by atoms with Crippen LogP contribution in [0.25, 0.3) is 6.08 Å². The third kappa shape index (κ3) is 5.27. The zero-order valence-corrected chi connectivity index (χ0v) is 12.9. The van der Waals surface area contributed by atoms with Gasteiger partial charge in [-0.25, -0.2) is 0 Å². The Balaban J connectivity index is 0.00000106. The summed E-state index contributed by atoms with van der Waals surface area (Å²) in [5.74, 6) is 0.751. The van der Waals surface area contributed by atoms with Crippen LogP contribution in [0.3, 0.4) is 0 Å². The summed E-state index contributed by atoms with van der Waals surface area (Å²) in [5, 5.41) is 0. The van der Waals surface area contributed by atoms with Crippen molar-refractivity contribution < 1.29 is 9.53 Å². The molecule has 0 aliphatic heterocycles. The lowest BCUT2D eigenvalue weighted by atomic mass is 10.1. The van der Waals surface area contributed by atoms with Gasteiger partial charge in [-0.05, 0) is 30.2 Å². The van der Waals surface area contributed by atoms with Crippen molar-refractivity contribution >= 4 is 11.9 Å². The molecule has 21 heavy (non-hydrogen) atoms. The summed E-state index contributed by atoms with van der Waals surface area (Å²) in [6.07, 6.45) is 1.81. The molecule has 0 heterocycles. The summed E-state index contributed by atoms with van der Waals surface area (Å²) in [7, 11) is 0. The van der Waals surface area contributed by atoms with Gasteiger partial charge in [0.05, 0.1) is 0 Å². The van der Waals surface area contributed by atoms with E-state index in [1.807, 2.05) is 50.2 Å². The van der Waals surface area contributed by atoms with Gasteiger partial charge >= 0.3 is 0 Å². The first-order valence-electron chi connectivity index (χ1n) is 7.14. The minimum Gasteiger partial charge on any atom is -0.489 e. The maximum Gasteiger partial charge on any atom is 0.159 e. The molecule has 0 fully saturated rings. The standard InChI is InChI=1S/C17H16O2.C2H6/c1-3-14-7-9-15(10-8-14)12-19-17-6-4-5-16(11-17)13(2)18;1-2/h3-11H,1,12H2,2H3;1-2H3. The van der Waals surface area contributed by atoms with Crippen molar-refractivity contribution in [2.45, 2.75) is 27.4 Å². The van der Waals surface area contributed by atoms with Crippen LogP contribution in [0.15, 0.2) is 55.1 Å². The summed E-state index contributed by atoms with van der Waals surface area (Å²) in [6.45, 7) is 9.75. The lowest BCUT2D eigenvalue weighted by Gasteiger charge is -2.07. The highest BCUT2D eigenvalue weighted by molar-refractivity contribution is 5.94. The number of benzene rings is 2. The number of carbonyl (C=O) groups excluding carboxylic acids is 1. The van der Waals surface area contributed by atoms with Crippen molar-refractivity contribution in [3.8, 4) is 5.75 Å². The number of Topliss-reactive ketones (excluding diaryl/α,β-unsaturated/α-hetero) is 1. The quantitative estimate of drug-likeness (QED) is 0.710. The number of hydrogen-bond acceptors (Lipinski definition) is 2. The van der Waals surface area contributed by atoms with E-state index in [0.717, 1.165) is 11.1 Å². The molecule has 2 aromatic carbocycles. The zero-order chi connectivity index (χ0) is 15.7. The van der Waals surface area contributed by atoms with Crippen molar-refractivity contribution in [3.05, 3.63) is 71.8 Å². The van der Waals surface area contributed by atoms with Gasteiger partial charge in [-0.1, -0.05) is 62.9 Å². The second kappa shape index (κ2) is 8.75. The van der Waals surface area contributed by atoms with Gasteiger partial charge in [0.15, 0.2) is 5.78 Å². The van der Waals surface area contributed by atoms with Crippen LogP contribution in [0.4, 0.5) is 0 Å². The van der Waals surface area contributed by atoms with Gasteiger partial charge < -0.3 is 4.74 Å². The van der Waals surface area contributed by atoms with Crippen LogP contribution in [-0.2, 0) is 6.61 Å². The van der Waals surface area contributed by atoms with Crippen LogP contribution in [0.2, 0.25) is 0 Å². The number of ether oxygens (including phenoxy) is 1. The minimum absolute atomic E-state index is 0.0424. The molecule has 2 heteroatoms. The first-order chi connectivity index (χ1) is 10.2. The second-order valence-corrected chi connectivity index (χ2v) is 4.32. The lowest BCUT2D eigenvalue weighted by Crippen LogP contribution is -1.97. The molecule has 0 amide bonds. The summed E-state index contributed by atoms with van der Waals surface area (Å²) in [6, 6.07) is 15.2. The summed E-state index contributed by atoms with van der Waals surface area (Å²) >= 11 is 0. The monoisotopic (exact) mass is 282 g/mol. The fourth-order valence-electron chi connectivity index (χ4n) is 1.72. The average molecular weight is 282 g/mol. The number of rotatable bonds is 5. The normalized spacial score (nSPS) is 9.29. The van der Waals surface area contributed by atoms with E-state index in [-0.39, 0.29) is 5.78 Å². The van der Waals surface area contributed by atoms with E-state index >= 15 is 0 Å². The third-order valence-electron chi connectivity index (χ3n) is 2.86. The van der Waals surface area contributed by atoms with Crippen molar-refractivity contribution in [1.29, 1.82) is 0 Å². The Labute approximate surface area is 127 Å². The molecule has 0 saturated carbocycles. The van der Waals surface area contributed by atoms with Crippen LogP contribution >= 0.6 is 0 Å². The Morgan fingerprint density at radius 2 is 1.81 bits per heavy atom. The largest absolute Gasteiger partial charge is 0.489 e.